The summed E-state index contributed by atoms with van der Waals surface area (Å²) in [5.74, 6) is -1.41. The smallest absolute Gasteiger partial charge is 0.407 e. The van der Waals surface area contributed by atoms with Crippen LogP contribution in [-0.2, 0) is 23.1 Å². The molecule has 0 radical (unpaired) electrons. The predicted octanol–water partition coefficient (Wildman–Crippen LogP) is 3.20. The van der Waals surface area contributed by atoms with Crippen LogP contribution < -0.4 is 10.6 Å². The molecule has 2 aromatic carbocycles. The van der Waals surface area contributed by atoms with Crippen molar-refractivity contribution in [2.45, 2.75) is 37.3 Å². The zero-order valence-electron chi connectivity index (χ0n) is 19.3. The van der Waals surface area contributed by atoms with E-state index in [2.05, 4.69) is 40.0 Å². The van der Waals surface area contributed by atoms with Crippen LogP contribution in [0.2, 0.25) is 0 Å². The molecule has 5 rings (SSSR count). The normalized spacial score (nSPS) is 15.1. The maximum Gasteiger partial charge on any atom is 0.407 e. The van der Waals surface area contributed by atoms with Gasteiger partial charge in [-0.05, 0) is 35.1 Å². The van der Waals surface area contributed by atoms with Crippen molar-refractivity contribution in [3.8, 4) is 11.1 Å². The van der Waals surface area contributed by atoms with Crippen molar-refractivity contribution >= 4 is 18.0 Å². The molecule has 0 saturated heterocycles. The molecule has 0 atom stereocenters. The van der Waals surface area contributed by atoms with E-state index in [0.717, 1.165) is 22.3 Å². The van der Waals surface area contributed by atoms with Crippen molar-refractivity contribution in [1.29, 1.82) is 0 Å². The fraction of sp³-hybridized carbons (Fsp3) is 0.308. The topological polar surface area (TPSA) is 123 Å². The van der Waals surface area contributed by atoms with Gasteiger partial charge in [-0.1, -0.05) is 48.5 Å². The number of nitrogens with one attached hydrogen (secondary N) is 2. The Morgan fingerprint density at radius 1 is 1.09 bits per heavy atom. The van der Waals surface area contributed by atoms with E-state index in [1.807, 2.05) is 24.3 Å². The first-order valence-corrected chi connectivity index (χ1v) is 11.5. The van der Waals surface area contributed by atoms with Gasteiger partial charge in [-0.25, -0.2) is 9.59 Å². The van der Waals surface area contributed by atoms with Gasteiger partial charge >= 0.3 is 12.1 Å². The van der Waals surface area contributed by atoms with Crippen LogP contribution in [-0.4, -0.2) is 45.0 Å². The molecule has 0 spiro atoms. The van der Waals surface area contributed by atoms with E-state index in [-0.39, 0.29) is 37.0 Å². The molecule has 1 aromatic heterocycles. The third-order valence-corrected chi connectivity index (χ3v) is 6.81. The molecule has 2 aliphatic carbocycles. The summed E-state index contributed by atoms with van der Waals surface area (Å²) < 4.78 is 7.04. The highest BCUT2D eigenvalue weighted by atomic mass is 16.5. The minimum atomic E-state index is -1.10. The first-order chi connectivity index (χ1) is 16.9. The molecule has 9 nitrogen and oxygen atoms in total. The summed E-state index contributed by atoms with van der Waals surface area (Å²) in [4.78, 5) is 36.5. The SMILES string of the molecule is Cn1ncc(C(=O)O)c1CNC(=O)CC1(NC(=O)OCC2c3ccccc3-c3ccccc32)CC1. The Labute approximate surface area is 202 Å². The molecule has 3 aromatic rings. The number of aryl methyl sites for hydroxylation is 1. The molecule has 180 valence electrons. The highest BCUT2D eigenvalue weighted by Crippen LogP contribution is 2.44. The number of carboxylic acid groups (broad SMARTS) is 1. The van der Waals surface area contributed by atoms with Crippen LogP contribution in [0.5, 0.6) is 0 Å². The molecule has 0 bridgehead atoms. The lowest BCUT2D eigenvalue weighted by Gasteiger charge is -2.19. The van der Waals surface area contributed by atoms with Gasteiger partial charge in [0.1, 0.15) is 12.2 Å². The molecule has 1 fully saturated rings. The quantitative estimate of drug-likeness (QED) is 0.461. The number of aromatic nitrogens is 2. The van der Waals surface area contributed by atoms with Gasteiger partial charge in [0.05, 0.1) is 24.0 Å². The van der Waals surface area contributed by atoms with Gasteiger partial charge in [-0.15, -0.1) is 0 Å². The summed E-state index contributed by atoms with van der Waals surface area (Å²) in [6, 6.07) is 16.3. The van der Waals surface area contributed by atoms with Crippen molar-refractivity contribution in [2.24, 2.45) is 7.05 Å². The average molecular weight is 475 g/mol. The molecule has 0 unspecified atom stereocenters. The van der Waals surface area contributed by atoms with Crippen molar-refractivity contribution in [1.82, 2.24) is 20.4 Å². The zero-order chi connectivity index (χ0) is 24.6. The fourth-order valence-corrected chi connectivity index (χ4v) is 4.75. The number of carboxylic acids is 1. The Hall–Kier alpha value is -4.14. The van der Waals surface area contributed by atoms with Crippen LogP contribution >= 0.6 is 0 Å². The molecule has 1 heterocycles. The van der Waals surface area contributed by atoms with Crippen molar-refractivity contribution in [3.05, 3.63) is 77.1 Å². The minimum Gasteiger partial charge on any atom is -0.478 e. The molecule has 0 aliphatic heterocycles. The second-order valence-electron chi connectivity index (χ2n) is 9.12. The molecule has 3 N–H and O–H groups in total. The van der Waals surface area contributed by atoms with Gasteiger partial charge in [0, 0.05) is 19.4 Å². The van der Waals surface area contributed by atoms with E-state index < -0.39 is 17.6 Å². The summed E-state index contributed by atoms with van der Waals surface area (Å²) in [6.07, 6.45) is 2.16. The van der Waals surface area contributed by atoms with Gasteiger partial charge < -0.3 is 20.5 Å². The molecule has 2 amide bonds. The number of benzene rings is 2. The summed E-state index contributed by atoms with van der Waals surface area (Å²) >= 11 is 0. The molecular formula is C26H26N4O5. The number of hydrogen-bond acceptors (Lipinski definition) is 5. The second kappa shape index (κ2) is 8.90. The number of aromatic carboxylic acids is 1. The maximum absolute atomic E-state index is 12.6. The monoisotopic (exact) mass is 474 g/mol. The summed E-state index contributed by atoms with van der Waals surface area (Å²) in [5, 5.41) is 18.8. The summed E-state index contributed by atoms with van der Waals surface area (Å²) in [6.45, 7) is 0.249. The number of ether oxygens (including phenoxy) is 1. The van der Waals surface area contributed by atoms with Gasteiger partial charge in [-0.2, -0.15) is 5.10 Å². The number of amides is 2. The molecule has 2 aliphatic rings. The summed E-state index contributed by atoms with van der Waals surface area (Å²) in [7, 11) is 1.62. The number of rotatable bonds is 8. The van der Waals surface area contributed by atoms with Crippen LogP contribution in [0, 0.1) is 0 Å². The predicted molar refractivity (Wildman–Crippen MR) is 127 cm³/mol. The largest absolute Gasteiger partial charge is 0.478 e. The molecular weight excluding hydrogens is 448 g/mol. The third-order valence-electron chi connectivity index (χ3n) is 6.81. The number of alkyl carbamates (subject to hydrolysis) is 1. The Morgan fingerprint density at radius 3 is 2.31 bits per heavy atom. The van der Waals surface area contributed by atoms with E-state index in [1.54, 1.807) is 7.05 Å². The van der Waals surface area contributed by atoms with E-state index >= 15 is 0 Å². The maximum atomic E-state index is 12.6. The Balaban J connectivity index is 1.16. The van der Waals surface area contributed by atoms with Gasteiger partial charge in [-0.3, -0.25) is 9.48 Å². The summed E-state index contributed by atoms with van der Waals surface area (Å²) in [5.41, 5.74) is 4.41. The number of carbonyl (C=O) groups is 3. The lowest BCUT2D eigenvalue weighted by Crippen LogP contribution is -2.41. The standard InChI is InChI=1S/C26H26N4O5/c1-30-22(20(13-28-30)24(32)33)14-27-23(31)12-26(10-11-26)29-25(34)35-15-21-18-8-4-2-6-16(18)17-7-3-5-9-19(17)21/h2-9,13,21H,10-12,14-15H2,1H3,(H,27,31)(H,29,34)(H,32,33). The van der Waals surface area contributed by atoms with E-state index in [0.29, 0.717) is 18.5 Å². The van der Waals surface area contributed by atoms with Gasteiger partial charge in [0.2, 0.25) is 5.91 Å². The molecule has 9 heteroatoms. The first kappa shape index (κ1) is 22.6. The number of nitrogens with zero attached hydrogens (tertiary/aromatic N) is 2. The van der Waals surface area contributed by atoms with Crippen molar-refractivity contribution in [2.75, 3.05) is 6.61 Å². The van der Waals surface area contributed by atoms with Crippen molar-refractivity contribution in [3.63, 3.8) is 0 Å². The third kappa shape index (κ3) is 4.49. The van der Waals surface area contributed by atoms with E-state index in [4.69, 9.17) is 4.74 Å². The lowest BCUT2D eigenvalue weighted by molar-refractivity contribution is -0.121. The van der Waals surface area contributed by atoms with Gasteiger partial charge in [0.15, 0.2) is 0 Å². The molecule has 1 saturated carbocycles. The number of fused-ring (bicyclic) bond motifs is 3. The Morgan fingerprint density at radius 2 is 1.71 bits per heavy atom. The highest BCUT2D eigenvalue weighted by molar-refractivity contribution is 5.89. The average Bonchev–Trinajstić information content (AvgIpc) is 3.35. The van der Waals surface area contributed by atoms with Crippen LogP contribution in [0.3, 0.4) is 0 Å². The zero-order valence-corrected chi connectivity index (χ0v) is 19.3. The Bertz CT molecular complexity index is 1270. The minimum absolute atomic E-state index is 0.0334. The highest BCUT2D eigenvalue weighted by Gasteiger charge is 2.46. The van der Waals surface area contributed by atoms with Crippen LogP contribution in [0.4, 0.5) is 4.79 Å². The van der Waals surface area contributed by atoms with Crippen LogP contribution in [0.25, 0.3) is 11.1 Å². The first-order valence-electron chi connectivity index (χ1n) is 11.5. The fourth-order valence-electron chi connectivity index (χ4n) is 4.75. The number of hydrogen-bond donors (Lipinski definition) is 3. The number of carbonyl (C=O) groups excluding carboxylic acids is 2. The van der Waals surface area contributed by atoms with Crippen molar-refractivity contribution < 1.29 is 24.2 Å². The van der Waals surface area contributed by atoms with Crippen LogP contribution in [0.15, 0.2) is 54.7 Å². The van der Waals surface area contributed by atoms with E-state index in [1.165, 1.54) is 10.9 Å². The lowest BCUT2D eigenvalue weighted by atomic mass is 9.98. The van der Waals surface area contributed by atoms with Gasteiger partial charge in [0.25, 0.3) is 0 Å². The van der Waals surface area contributed by atoms with E-state index in [9.17, 15) is 19.5 Å². The molecule has 35 heavy (non-hydrogen) atoms. The van der Waals surface area contributed by atoms with Crippen LogP contribution in [0.1, 0.15) is 52.4 Å². The Kier molecular flexibility index (Phi) is 5.76. The second-order valence-corrected chi connectivity index (χ2v) is 9.12.